The van der Waals surface area contributed by atoms with Gasteiger partial charge in [-0.3, -0.25) is 0 Å². The molecule has 4 heteroatoms. The topological polar surface area (TPSA) is 26.7 Å². The number of piperidine rings is 1. The van der Waals surface area contributed by atoms with Crippen molar-refractivity contribution < 1.29 is 9.50 Å². The molecule has 0 amide bonds. The Morgan fingerprint density at radius 2 is 2.06 bits per heavy atom. The third-order valence-electron chi connectivity index (χ3n) is 3.81. The second-order valence-corrected chi connectivity index (χ2v) is 5.09. The summed E-state index contributed by atoms with van der Waals surface area (Å²) < 4.78 is 14.0. The third-order valence-corrected chi connectivity index (χ3v) is 3.81. The summed E-state index contributed by atoms with van der Waals surface area (Å²) in [6.07, 6.45) is 2.13. The molecule has 1 aliphatic heterocycles. The summed E-state index contributed by atoms with van der Waals surface area (Å²) in [5.74, 6) is -0.247. The summed E-state index contributed by atoms with van der Waals surface area (Å²) in [5, 5.41) is 8.98. The predicted octanol–water partition coefficient (Wildman–Crippen LogP) is 1.85. The minimum absolute atomic E-state index is 0.116. The Kier molecular flexibility index (Phi) is 4.19. The molecule has 0 atom stereocenters. The first-order valence-electron chi connectivity index (χ1n) is 6.42. The molecule has 0 bridgehead atoms. The first-order valence-corrected chi connectivity index (χ1v) is 6.42. The van der Waals surface area contributed by atoms with E-state index in [0.29, 0.717) is 17.3 Å². The molecule has 1 heterocycles. The second kappa shape index (κ2) is 5.67. The molecule has 0 unspecified atom stereocenters. The number of anilines is 1. The van der Waals surface area contributed by atoms with E-state index in [9.17, 15) is 4.39 Å². The largest absolute Gasteiger partial charge is 0.392 e. The van der Waals surface area contributed by atoms with Crippen molar-refractivity contribution in [3.63, 3.8) is 0 Å². The Labute approximate surface area is 108 Å². The van der Waals surface area contributed by atoms with Crippen molar-refractivity contribution in [2.45, 2.75) is 25.5 Å². The van der Waals surface area contributed by atoms with Crippen molar-refractivity contribution in [2.75, 3.05) is 32.1 Å². The smallest absolute Gasteiger partial charge is 0.146 e. The van der Waals surface area contributed by atoms with Gasteiger partial charge >= 0.3 is 0 Å². The average molecular weight is 252 g/mol. The number of hydrogen-bond donors (Lipinski definition) is 1. The highest BCUT2D eigenvalue weighted by Gasteiger charge is 2.22. The minimum Gasteiger partial charge on any atom is -0.392 e. The van der Waals surface area contributed by atoms with E-state index in [4.69, 9.17) is 5.11 Å². The van der Waals surface area contributed by atoms with Gasteiger partial charge in [0.05, 0.1) is 12.3 Å². The molecule has 1 fully saturated rings. The first-order chi connectivity index (χ1) is 8.61. The number of benzene rings is 1. The molecule has 1 aromatic carbocycles. The second-order valence-electron chi connectivity index (χ2n) is 5.09. The number of likely N-dealkylation sites (tertiary alicyclic amines) is 1. The van der Waals surface area contributed by atoms with Crippen LogP contribution in [0, 0.1) is 5.82 Å². The Morgan fingerprint density at radius 3 is 2.61 bits per heavy atom. The first kappa shape index (κ1) is 13.3. The van der Waals surface area contributed by atoms with Crippen LogP contribution in [0.2, 0.25) is 0 Å². The summed E-state index contributed by atoms with van der Waals surface area (Å²) in [5.41, 5.74) is 1.25. The maximum absolute atomic E-state index is 14.0. The van der Waals surface area contributed by atoms with E-state index >= 15 is 0 Å². The molecule has 3 nitrogen and oxygen atoms in total. The van der Waals surface area contributed by atoms with Gasteiger partial charge < -0.3 is 14.9 Å². The molecular weight excluding hydrogens is 231 g/mol. The maximum Gasteiger partial charge on any atom is 0.146 e. The van der Waals surface area contributed by atoms with Crippen LogP contribution in [-0.4, -0.2) is 43.2 Å². The molecule has 0 saturated carbocycles. The molecule has 1 aromatic rings. The Morgan fingerprint density at radius 1 is 1.39 bits per heavy atom. The molecule has 1 aliphatic rings. The van der Waals surface area contributed by atoms with Crippen LogP contribution >= 0.6 is 0 Å². The van der Waals surface area contributed by atoms with Crippen LogP contribution in [0.25, 0.3) is 0 Å². The van der Waals surface area contributed by atoms with E-state index < -0.39 is 0 Å². The van der Waals surface area contributed by atoms with Crippen LogP contribution in [-0.2, 0) is 6.61 Å². The van der Waals surface area contributed by atoms with Gasteiger partial charge in [-0.2, -0.15) is 0 Å². The zero-order chi connectivity index (χ0) is 13.1. The zero-order valence-electron chi connectivity index (χ0n) is 11.1. The summed E-state index contributed by atoms with van der Waals surface area (Å²) in [7, 11) is 4.07. The van der Waals surface area contributed by atoms with Crippen molar-refractivity contribution in [3.8, 4) is 0 Å². The van der Waals surface area contributed by atoms with Gasteiger partial charge in [-0.15, -0.1) is 0 Å². The lowest BCUT2D eigenvalue weighted by Gasteiger charge is -2.36. The van der Waals surface area contributed by atoms with Gasteiger partial charge in [0.2, 0.25) is 0 Å². The fraction of sp³-hybridized carbons (Fsp3) is 0.571. The number of halogens is 1. The zero-order valence-corrected chi connectivity index (χ0v) is 11.1. The van der Waals surface area contributed by atoms with Crippen molar-refractivity contribution in [1.29, 1.82) is 0 Å². The van der Waals surface area contributed by atoms with Crippen LogP contribution < -0.4 is 4.90 Å². The molecule has 2 rings (SSSR count). The van der Waals surface area contributed by atoms with E-state index in [1.807, 2.05) is 11.9 Å². The van der Waals surface area contributed by atoms with E-state index in [1.54, 1.807) is 12.1 Å². The van der Waals surface area contributed by atoms with Gasteiger partial charge in [-0.1, -0.05) is 6.07 Å². The fourth-order valence-electron chi connectivity index (χ4n) is 2.51. The van der Waals surface area contributed by atoms with E-state index in [0.717, 1.165) is 25.9 Å². The number of rotatable bonds is 3. The summed E-state index contributed by atoms with van der Waals surface area (Å²) >= 11 is 0. The lowest BCUT2D eigenvalue weighted by molar-refractivity contribution is 0.252. The van der Waals surface area contributed by atoms with Gasteiger partial charge in [0.25, 0.3) is 0 Å². The molecule has 0 spiro atoms. The number of nitrogens with zero attached hydrogens (tertiary/aromatic N) is 2. The maximum atomic E-state index is 14.0. The summed E-state index contributed by atoms with van der Waals surface area (Å²) in [4.78, 5) is 4.33. The van der Waals surface area contributed by atoms with E-state index in [2.05, 4.69) is 11.9 Å². The number of hydrogen-bond acceptors (Lipinski definition) is 3. The fourth-order valence-corrected chi connectivity index (χ4v) is 2.51. The molecule has 100 valence electrons. The van der Waals surface area contributed by atoms with Crippen molar-refractivity contribution in [3.05, 3.63) is 29.6 Å². The quantitative estimate of drug-likeness (QED) is 0.889. The normalized spacial score (nSPS) is 18.0. The van der Waals surface area contributed by atoms with Gasteiger partial charge in [-0.25, -0.2) is 4.39 Å². The van der Waals surface area contributed by atoms with Crippen molar-refractivity contribution in [2.24, 2.45) is 0 Å². The van der Waals surface area contributed by atoms with Crippen LogP contribution in [0.4, 0.5) is 10.1 Å². The SMILES string of the molecule is CN1CCC(N(C)c2ccc(CO)cc2F)CC1. The monoisotopic (exact) mass is 252 g/mol. The Bertz CT molecular complexity index is 403. The highest BCUT2D eigenvalue weighted by atomic mass is 19.1. The molecule has 0 radical (unpaired) electrons. The summed E-state index contributed by atoms with van der Waals surface area (Å²) in [6.45, 7) is 2.01. The highest BCUT2D eigenvalue weighted by molar-refractivity contribution is 5.49. The van der Waals surface area contributed by atoms with Crippen LogP contribution in [0.15, 0.2) is 18.2 Å². The molecule has 0 aromatic heterocycles. The molecule has 1 saturated heterocycles. The lowest BCUT2D eigenvalue weighted by atomic mass is 10.0. The predicted molar refractivity (Wildman–Crippen MR) is 71.2 cm³/mol. The minimum atomic E-state index is -0.247. The van der Waals surface area contributed by atoms with E-state index in [1.165, 1.54) is 6.07 Å². The molecule has 18 heavy (non-hydrogen) atoms. The van der Waals surface area contributed by atoms with Crippen LogP contribution in [0.1, 0.15) is 18.4 Å². The van der Waals surface area contributed by atoms with Crippen LogP contribution in [0.5, 0.6) is 0 Å². The standard InChI is InChI=1S/C14H21FN2O/c1-16-7-5-12(6-8-16)17(2)14-4-3-11(10-18)9-13(14)15/h3-4,9,12,18H,5-8,10H2,1-2H3. The molecule has 1 N–H and O–H groups in total. The highest BCUT2D eigenvalue weighted by Crippen LogP contribution is 2.25. The number of aliphatic hydroxyl groups is 1. The van der Waals surface area contributed by atoms with Gasteiger partial charge in [0.1, 0.15) is 5.82 Å². The average Bonchev–Trinajstić information content (AvgIpc) is 2.38. The molecule has 0 aliphatic carbocycles. The lowest BCUT2D eigenvalue weighted by Crippen LogP contribution is -2.42. The Balaban J connectivity index is 2.11. The van der Waals surface area contributed by atoms with E-state index in [-0.39, 0.29) is 12.4 Å². The van der Waals surface area contributed by atoms with Gasteiger partial charge in [0.15, 0.2) is 0 Å². The molecular formula is C14H21FN2O. The number of aliphatic hydroxyl groups excluding tert-OH is 1. The third kappa shape index (κ3) is 2.82. The van der Waals surface area contributed by atoms with Crippen molar-refractivity contribution in [1.82, 2.24) is 4.90 Å². The van der Waals surface area contributed by atoms with Gasteiger partial charge in [0, 0.05) is 13.1 Å². The summed E-state index contributed by atoms with van der Waals surface area (Å²) in [6, 6.07) is 5.36. The van der Waals surface area contributed by atoms with Gasteiger partial charge in [-0.05, 0) is 50.7 Å². The Hall–Kier alpha value is -1.13. The van der Waals surface area contributed by atoms with Crippen molar-refractivity contribution >= 4 is 5.69 Å². The van der Waals surface area contributed by atoms with Crippen LogP contribution in [0.3, 0.4) is 0 Å².